The molecule has 0 aliphatic heterocycles. The molecule has 0 fully saturated rings. The molecule has 5 nitrogen and oxygen atoms in total. The Bertz CT molecular complexity index is 715. The predicted octanol–water partition coefficient (Wildman–Crippen LogP) is 3.04. The summed E-state index contributed by atoms with van der Waals surface area (Å²) < 4.78 is 26.3. The highest BCUT2D eigenvalue weighted by molar-refractivity contribution is 7.91. The van der Waals surface area contributed by atoms with Crippen molar-refractivity contribution in [2.45, 2.75) is 5.75 Å². The van der Waals surface area contributed by atoms with E-state index in [0.717, 1.165) is 0 Å². The maximum atomic E-state index is 12.0. The zero-order valence-corrected chi connectivity index (χ0v) is 12.4. The molecule has 1 aromatic heterocycles. The van der Waals surface area contributed by atoms with E-state index in [0.29, 0.717) is 15.6 Å². The van der Waals surface area contributed by atoms with E-state index in [1.165, 1.54) is 36.7 Å². The molecule has 0 aliphatic rings. The zero-order chi connectivity index (χ0) is 14.8. The number of rotatable bonds is 4. The summed E-state index contributed by atoms with van der Waals surface area (Å²) in [4.78, 5) is 3.74. The number of hydrogen-bond donors (Lipinski definition) is 2. The van der Waals surface area contributed by atoms with E-state index in [1.807, 2.05) is 0 Å². The van der Waals surface area contributed by atoms with E-state index < -0.39 is 10.0 Å². The maximum absolute atomic E-state index is 12.0. The minimum absolute atomic E-state index is 0.0145. The first kappa shape index (κ1) is 14.9. The lowest BCUT2D eigenvalue weighted by Crippen LogP contribution is -2.15. The molecule has 0 spiro atoms. The number of aromatic nitrogens is 1. The van der Waals surface area contributed by atoms with Crippen molar-refractivity contribution in [3.05, 3.63) is 52.3 Å². The smallest absolute Gasteiger partial charge is 0.237 e. The number of aromatic hydroxyl groups is 1. The summed E-state index contributed by atoms with van der Waals surface area (Å²) in [5.74, 6) is -0.519. The van der Waals surface area contributed by atoms with Crippen molar-refractivity contribution in [3.63, 3.8) is 0 Å². The molecule has 2 N–H and O–H groups in total. The van der Waals surface area contributed by atoms with Gasteiger partial charge < -0.3 is 5.11 Å². The van der Waals surface area contributed by atoms with Gasteiger partial charge in [-0.2, -0.15) is 0 Å². The number of nitrogens with zero attached hydrogens (tertiary/aromatic N) is 1. The lowest BCUT2D eigenvalue weighted by molar-refractivity contribution is 0.477. The second-order valence-corrected chi connectivity index (χ2v) is 6.63. The fraction of sp³-hybridized carbons (Fsp3) is 0.0833. The van der Waals surface area contributed by atoms with Gasteiger partial charge in [0.2, 0.25) is 10.0 Å². The quantitative estimate of drug-likeness (QED) is 0.901. The number of nitrogens with one attached hydrogen (secondary N) is 1. The van der Waals surface area contributed by atoms with Crippen LogP contribution in [-0.2, 0) is 15.8 Å². The van der Waals surface area contributed by atoms with Gasteiger partial charge in [0.25, 0.3) is 0 Å². The fourth-order valence-corrected chi connectivity index (χ4v) is 3.32. The number of halogens is 2. The Morgan fingerprint density at radius 1 is 1.20 bits per heavy atom. The Morgan fingerprint density at radius 3 is 2.45 bits per heavy atom. The third-order valence-corrected chi connectivity index (χ3v) is 4.02. The molecule has 2 aromatic rings. The second-order valence-electron chi connectivity index (χ2n) is 4.03. The van der Waals surface area contributed by atoms with Crippen LogP contribution in [0.2, 0.25) is 10.0 Å². The van der Waals surface area contributed by atoms with Crippen LogP contribution in [0.3, 0.4) is 0 Å². The van der Waals surface area contributed by atoms with Gasteiger partial charge in [-0.15, -0.1) is 0 Å². The van der Waals surface area contributed by atoms with Crippen molar-refractivity contribution in [2.24, 2.45) is 0 Å². The second kappa shape index (κ2) is 5.87. The summed E-state index contributed by atoms with van der Waals surface area (Å²) in [6.45, 7) is 0. The van der Waals surface area contributed by atoms with E-state index in [-0.39, 0.29) is 17.2 Å². The molecule has 2 rings (SSSR count). The molecule has 0 saturated heterocycles. The minimum atomic E-state index is -3.71. The highest BCUT2D eigenvalue weighted by atomic mass is 35.5. The molecule has 106 valence electrons. The Balaban J connectivity index is 2.21. The van der Waals surface area contributed by atoms with Gasteiger partial charge in [-0.25, -0.2) is 8.42 Å². The van der Waals surface area contributed by atoms with E-state index >= 15 is 0 Å². The molecule has 0 bridgehead atoms. The molecule has 0 aliphatic carbocycles. The van der Waals surface area contributed by atoms with Gasteiger partial charge in [0.05, 0.1) is 11.9 Å². The van der Waals surface area contributed by atoms with Crippen molar-refractivity contribution in [2.75, 3.05) is 4.72 Å². The van der Waals surface area contributed by atoms with Gasteiger partial charge in [0, 0.05) is 22.3 Å². The van der Waals surface area contributed by atoms with Gasteiger partial charge in [0.1, 0.15) is 11.4 Å². The Kier molecular flexibility index (Phi) is 4.37. The number of anilines is 1. The molecule has 0 saturated carbocycles. The molecular formula is C12H10Cl2N2O3S. The van der Waals surface area contributed by atoms with Crippen LogP contribution < -0.4 is 4.72 Å². The molecule has 0 amide bonds. The molecular weight excluding hydrogens is 323 g/mol. The Morgan fingerprint density at radius 2 is 1.85 bits per heavy atom. The fourth-order valence-electron chi connectivity index (χ4n) is 1.58. The lowest BCUT2D eigenvalue weighted by atomic mass is 10.2. The third kappa shape index (κ3) is 4.00. The van der Waals surface area contributed by atoms with Crippen LogP contribution >= 0.6 is 23.2 Å². The van der Waals surface area contributed by atoms with Crippen LogP contribution in [0, 0.1) is 0 Å². The first-order valence-corrected chi connectivity index (χ1v) is 7.85. The predicted molar refractivity (Wildman–Crippen MR) is 78.6 cm³/mol. The standard InChI is InChI=1S/C12H10Cl2N2O3S/c13-9-3-8(4-10(14)5-9)7-20(18,19)16-11-6-15-2-1-12(11)17/h1-6,16H,7H2,(H,15,17). The summed E-state index contributed by atoms with van der Waals surface area (Å²) in [5, 5.41) is 10.2. The summed E-state index contributed by atoms with van der Waals surface area (Å²) in [7, 11) is -3.71. The number of hydrogen-bond acceptors (Lipinski definition) is 4. The Hall–Kier alpha value is -1.50. The molecule has 0 radical (unpaired) electrons. The highest BCUT2D eigenvalue weighted by Gasteiger charge is 2.14. The zero-order valence-electron chi connectivity index (χ0n) is 10.0. The van der Waals surface area contributed by atoms with Gasteiger partial charge in [0.15, 0.2) is 0 Å². The first-order valence-electron chi connectivity index (χ1n) is 5.44. The summed E-state index contributed by atoms with van der Waals surface area (Å²) in [5.41, 5.74) is 0.457. The van der Waals surface area contributed by atoms with Crippen molar-refractivity contribution in [3.8, 4) is 5.75 Å². The molecule has 20 heavy (non-hydrogen) atoms. The van der Waals surface area contributed by atoms with Gasteiger partial charge >= 0.3 is 0 Å². The van der Waals surface area contributed by atoms with Crippen molar-refractivity contribution < 1.29 is 13.5 Å². The van der Waals surface area contributed by atoms with Crippen LogP contribution in [0.25, 0.3) is 0 Å². The maximum Gasteiger partial charge on any atom is 0.237 e. The van der Waals surface area contributed by atoms with Crippen molar-refractivity contribution >= 4 is 38.9 Å². The third-order valence-electron chi connectivity index (χ3n) is 2.34. The topological polar surface area (TPSA) is 79.3 Å². The van der Waals surface area contributed by atoms with Crippen LogP contribution in [0.1, 0.15) is 5.56 Å². The number of pyridine rings is 1. The minimum Gasteiger partial charge on any atom is -0.506 e. The summed E-state index contributed by atoms with van der Waals surface area (Å²) in [6.07, 6.45) is 2.57. The molecule has 1 aromatic carbocycles. The molecule has 0 unspecified atom stereocenters. The number of sulfonamides is 1. The molecule has 8 heteroatoms. The molecule has 0 atom stereocenters. The van der Waals surface area contributed by atoms with E-state index in [1.54, 1.807) is 0 Å². The monoisotopic (exact) mass is 332 g/mol. The molecule has 1 heterocycles. The van der Waals surface area contributed by atoms with Crippen molar-refractivity contribution in [1.82, 2.24) is 4.98 Å². The SMILES string of the molecule is O=S(=O)(Cc1cc(Cl)cc(Cl)c1)Nc1cnccc1O. The van der Waals surface area contributed by atoms with Gasteiger partial charge in [-0.1, -0.05) is 23.2 Å². The first-order chi connectivity index (χ1) is 9.35. The van der Waals surface area contributed by atoms with E-state index in [2.05, 4.69) is 9.71 Å². The van der Waals surface area contributed by atoms with Crippen LogP contribution in [0.15, 0.2) is 36.7 Å². The van der Waals surface area contributed by atoms with Crippen molar-refractivity contribution in [1.29, 1.82) is 0 Å². The van der Waals surface area contributed by atoms with Gasteiger partial charge in [-0.05, 0) is 23.8 Å². The summed E-state index contributed by atoms with van der Waals surface area (Å²) >= 11 is 11.6. The van der Waals surface area contributed by atoms with E-state index in [9.17, 15) is 13.5 Å². The lowest BCUT2D eigenvalue weighted by Gasteiger charge is -2.09. The highest BCUT2D eigenvalue weighted by Crippen LogP contribution is 2.24. The van der Waals surface area contributed by atoms with Crippen LogP contribution in [0.4, 0.5) is 5.69 Å². The largest absolute Gasteiger partial charge is 0.506 e. The average molecular weight is 333 g/mol. The Labute approximate surface area is 126 Å². The van der Waals surface area contributed by atoms with E-state index in [4.69, 9.17) is 23.2 Å². The average Bonchev–Trinajstić information content (AvgIpc) is 2.29. The summed E-state index contributed by atoms with van der Waals surface area (Å²) in [6, 6.07) is 5.82. The normalized spacial score (nSPS) is 11.3. The van der Waals surface area contributed by atoms with Crippen LogP contribution in [0.5, 0.6) is 5.75 Å². The number of benzene rings is 1. The van der Waals surface area contributed by atoms with Gasteiger partial charge in [-0.3, -0.25) is 9.71 Å². The van der Waals surface area contributed by atoms with Crippen LogP contribution in [-0.4, -0.2) is 18.5 Å².